The van der Waals surface area contributed by atoms with Gasteiger partial charge in [0.2, 0.25) is 0 Å². The van der Waals surface area contributed by atoms with Crippen molar-refractivity contribution in [2.24, 2.45) is 0 Å². The van der Waals surface area contributed by atoms with Gasteiger partial charge in [0.1, 0.15) is 0 Å². The number of aryl methyl sites for hydroxylation is 2. The van der Waals surface area contributed by atoms with Crippen molar-refractivity contribution in [1.29, 1.82) is 0 Å². The standard InChI is InChI=1S/C11H10IN/c1-7-5-10(12)9-4-3-8(2)13-11(9)6-7/h3-6H,1-2H3. The van der Waals surface area contributed by atoms with E-state index in [1.54, 1.807) is 0 Å². The number of nitrogens with zero attached hydrogens (tertiary/aromatic N) is 1. The molecule has 0 bridgehead atoms. The molecular weight excluding hydrogens is 273 g/mol. The molecule has 66 valence electrons. The van der Waals surface area contributed by atoms with Gasteiger partial charge in [-0.25, -0.2) is 0 Å². The summed E-state index contributed by atoms with van der Waals surface area (Å²) < 4.78 is 1.28. The summed E-state index contributed by atoms with van der Waals surface area (Å²) in [5, 5.41) is 1.25. The van der Waals surface area contributed by atoms with E-state index in [-0.39, 0.29) is 0 Å². The van der Waals surface area contributed by atoms with Crippen LogP contribution in [0.5, 0.6) is 0 Å². The van der Waals surface area contributed by atoms with E-state index in [1.165, 1.54) is 14.5 Å². The van der Waals surface area contributed by atoms with Gasteiger partial charge in [-0.3, -0.25) is 4.98 Å². The monoisotopic (exact) mass is 283 g/mol. The predicted octanol–water partition coefficient (Wildman–Crippen LogP) is 3.46. The number of benzene rings is 1. The van der Waals surface area contributed by atoms with Gasteiger partial charge in [0.15, 0.2) is 0 Å². The summed E-state index contributed by atoms with van der Waals surface area (Å²) in [6.07, 6.45) is 0. The highest BCUT2D eigenvalue weighted by molar-refractivity contribution is 14.1. The Kier molecular flexibility index (Phi) is 2.24. The maximum atomic E-state index is 4.49. The van der Waals surface area contributed by atoms with E-state index in [4.69, 9.17) is 0 Å². The van der Waals surface area contributed by atoms with Gasteiger partial charge in [-0.2, -0.15) is 0 Å². The maximum absolute atomic E-state index is 4.49. The Morgan fingerprint density at radius 3 is 2.69 bits per heavy atom. The molecule has 0 spiro atoms. The van der Waals surface area contributed by atoms with Crippen molar-refractivity contribution in [2.45, 2.75) is 13.8 Å². The molecule has 0 saturated heterocycles. The first kappa shape index (κ1) is 8.94. The second-order valence-corrected chi connectivity index (χ2v) is 4.43. The van der Waals surface area contributed by atoms with Crippen LogP contribution in [0.2, 0.25) is 0 Å². The van der Waals surface area contributed by atoms with Gasteiger partial charge in [-0.15, -0.1) is 0 Å². The molecule has 0 atom stereocenters. The molecule has 0 aliphatic rings. The van der Waals surface area contributed by atoms with Gasteiger partial charge in [0.25, 0.3) is 0 Å². The zero-order chi connectivity index (χ0) is 9.42. The van der Waals surface area contributed by atoms with Gasteiger partial charge >= 0.3 is 0 Å². The second kappa shape index (κ2) is 3.25. The van der Waals surface area contributed by atoms with E-state index >= 15 is 0 Å². The predicted molar refractivity (Wildman–Crippen MR) is 63.9 cm³/mol. The molecular formula is C11H10IN. The van der Waals surface area contributed by atoms with Gasteiger partial charge in [0.05, 0.1) is 5.52 Å². The average molecular weight is 283 g/mol. The zero-order valence-corrected chi connectivity index (χ0v) is 9.79. The Hall–Kier alpha value is -0.640. The number of fused-ring (bicyclic) bond motifs is 1. The van der Waals surface area contributed by atoms with E-state index in [9.17, 15) is 0 Å². The number of halogens is 1. The van der Waals surface area contributed by atoms with E-state index in [2.05, 4.69) is 58.8 Å². The Labute approximate surface area is 91.3 Å². The van der Waals surface area contributed by atoms with Crippen molar-refractivity contribution in [3.8, 4) is 0 Å². The van der Waals surface area contributed by atoms with Crippen LogP contribution in [0.15, 0.2) is 24.3 Å². The lowest BCUT2D eigenvalue weighted by atomic mass is 10.1. The lowest BCUT2D eigenvalue weighted by molar-refractivity contribution is 1.25. The lowest BCUT2D eigenvalue weighted by Crippen LogP contribution is -1.86. The van der Waals surface area contributed by atoms with Crippen LogP contribution in [-0.4, -0.2) is 4.98 Å². The molecule has 0 N–H and O–H groups in total. The topological polar surface area (TPSA) is 12.9 Å². The van der Waals surface area contributed by atoms with Crippen molar-refractivity contribution >= 4 is 33.5 Å². The van der Waals surface area contributed by atoms with Crippen LogP contribution in [0, 0.1) is 17.4 Å². The van der Waals surface area contributed by atoms with Crippen LogP contribution in [0.3, 0.4) is 0 Å². The minimum atomic E-state index is 1.08. The highest BCUT2D eigenvalue weighted by atomic mass is 127. The van der Waals surface area contributed by atoms with Gasteiger partial charge < -0.3 is 0 Å². The van der Waals surface area contributed by atoms with Crippen LogP contribution in [0.1, 0.15) is 11.3 Å². The molecule has 0 aliphatic carbocycles. The summed E-state index contributed by atoms with van der Waals surface area (Å²) in [5.74, 6) is 0. The van der Waals surface area contributed by atoms with Crippen molar-refractivity contribution in [2.75, 3.05) is 0 Å². The first-order valence-corrected chi connectivity index (χ1v) is 5.28. The molecule has 1 nitrogen and oxygen atoms in total. The summed E-state index contributed by atoms with van der Waals surface area (Å²) in [4.78, 5) is 4.49. The lowest BCUT2D eigenvalue weighted by Gasteiger charge is -2.02. The normalized spacial score (nSPS) is 10.7. The SMILES string of the molecule is Cc1cc(I)c2ccc(C)nc2c1. The van der Waals surface area contributed by atoms with Crippen LogP contribution in [0.25, 0.3) is 10.9 Å². The molecule has 1 aromatic heterocycles. The number of pyridine rings is 1. The second-order valence-electron chi connectivity index (χ2n) is 3.27. The van der Waals surface area contributed by atoms with Crippen molar-refractivity contribution in [1.82, 2.24) is 4.98 Å². The van der Waals surface area contributed by atoms with Crippen LogP contribution in [-0.2, 0) is 0 Å². The summed E-state index contributed by atoms with van der Waals surface area (Å²) in [7, 11) is 0. The third-order valence-corrected chi connectivity index (χ3v) is 2.93. The van der Waals surface area contributed by atoms with Gasteiger partial charge in [-0.1, -0.05) is 0 Å². The molecule has 0 saturated carbocycles. The minimum Gasteiger partial charge on any atom is -0.253 e. The minimum absolute atomic E-state index is 1.08. The van der Waals surface area contributed by atoms with Crippen LogP contribution >= 0.6 is 22.6 Å². The zero-order valence-electron chi connectivity index (χ0n) is 7.63. The fourth-order valence-corrected chi connectivity index (χ4v) is 2.37. The number of hydrogen-bond donors (Lipinski definition) is 0. The highest BCUT2D eigenvalue weighted by Crippen LogP contribution is 2.21. The number of rotatable bonds is 0. The Morgan fingerprint density at radius 2 is 1.92 bits per heavy atom. The summed E-state index contributed by atoms with van der Waals surface area (Å²) in [6.45, 7) is 4.13. The summed E-state index contributed by atoms with van der Waals surface area (Å²) in [6, 6.07) is 8.50. The Balaban J connectivity index is 2.86. The molecule has 1 heterocycles. The molecule has 2 heteroatoms. The molecule has 0 aliphatic heterocycles. The average Bonchev–Trinajstić information content (AvgIpc) is 2.02. The summed E-state index contributed by atoms with van der Waals surface area (Å²) in [5.41, 5.74) is 3.45. The first-order valence-electron chi connectivity index (χ1n) is 4.20. The van der Waals surface area contributed by atoms with Crippen molar-refractivity contribution < 1.29 is 0 Å². The van der Waals surface area contributed by atoms with Crippen LogP contribution < -0.4 is 0 Å². The summed E-state index contributed by atoms with van der Waals surface area (Å²) >= 11 is 2.36. The molecule has 2 aromatic rings. The fourth-order valence-electron chi connectivity index (χ4n) is 1.42. The number of hydrogen-bond acceptors (Lipinski definition) is 1. The highest BCUT2D eigenvalue weighted by Gasteiger charge is 2.00. The van der Waals surface area contributed by atoms with Crippen LogP contribution in [0.4, 0.5) is 0 Å². The molecule has 13 heavy (non-hydrogen) atoms. The Bertz CT molecular complexity index is 458. The quantitative estimate of drug-likeness (QED) is 0.675. The molecule has 1 aromatic carbocycles. The van der Waals surface area contributed by atoms with E-state index in [0.29, 0.717) is 0 Å². The van der Waals surface area contributed by atoms with E-state index < -0.39 is 0 Å². The van der Waals surface area contributed by atoms with Gasteiger partial charge in [-0.05, 0) is 66.3 Å². The third kappa shape index (κ3) is 1.68. The molecule has 0 unspecified atom stereocenters. The van der Waals surface area contributed by atoms with E-state index in [1.807, 2.05) is 6.92 Å². The van der Waals surface area contributed by atoms with Crippen molar-refractivity contribution in [3.05, 3.63) is 39.1 Å². The Morgan fingerprint density at radius 1 is 1.15 bits per heavy atom. The largest absolute Gasteiger partial charge is 0.253 e. The van der Waals surface area contributed by atoms with Crippen molar-refractivity contribution in [3.63, 3.8) is 0 Å². The molecule has 0 amide bonds. The maximum Gasteiger partial charge on any atom is 0.0718 e. The molecule has 0 radical (unpaired) electrons. The van der Waals surface area contributed by atoms with Gasteiger partial charge in [0, 0.05) is 14.7 Å². The third-order valence-electron chi connectivity index (χ3n) is 2.04. The fraction of sp³-hybridized carbons (Fsp3) is 0.182. The smallest absolute Gasteiger partial charge is 0.0718 e. The first-order chi connectivity index (χ1) is 6.16. The van der Waals surface area contributed by atoms with E-state index in [0.717, 1.165) is 11.2 Å². The number of aromatic nitrogens is 1. The molecule has 2 rings (SSSR count). The molecule has 0 fully saturated rings.